The van der Waals surface area contributed by atoms with Crippen LogP contribution in [0.4, 0.5) is 10.6 Å². The maximum absolute atomic E-state index is 12.0. The molecule has 5 heteroatoms. The van der Waals surface area contributed by atoms with E-state index >= 15 is 0 Å². The maximum atomic E-state index is 12.0. The van der Waals surface area contributed by atoms with Gasteiger partial charge in [0.15, 0.2) is 0 Å². The van der Waals surface area contributed by atoms with Crippen LogP contribution in [0.2, 0.25) is 0 Å². The molecule has 1 unspecified atom stereocenters. The highest BCUT2D eigenvalue weighted by atomic mass is 16.6. The molecule has 132 valence electrons. The number of likely N-dealkylation sites (tertiary alicyclic amines) is 1. The highest BCUT2D eigenvalue weighted by molar-refractivity contribution is 5.67. The van der Waals surface area contributed by atoms with E-state index in [9.17, 15) is 4.79 Å². The van der Waals surface area contributed by atoms with Crippen molar-refractivity contribution in [3.63, 3.8) is 0 Å². The lowest BCUT2D eigenvalue weighted by molar-refractivity contribution is 0.108. The topological polar surface area (TPSA) is 54.5 Å². The molecule has 1 fully saturated rings. The van der Waals surface area contributed by atoms with Crippen LogP contribution in [0.1, 0.15) is 50.3 Å². The minimum Gasteiger partial charge on any atom is -0.449 e. The summed E-state index contributed by atoms with van der Waals surface area (Å²) in [6.07, 6.45) is 7.34. The Morgan fingerprint density at radius 1 is 1.46 bits per heavy atom. The second-order valence-electron chi connectivity index (χ2n) is 6.95. The molecule has 24 heavy (non-hydrogen) atoms. The number of aryl methyl sites for hydroxylation is 2. The molecule has 0 aliphatic carbocycles. The van der Waals surface area contributed by atoms with Crippen molar-refractivity contribution in [3.05, 3.63) is 23.4 Å². The van der Waals surface area contributed by atoms with E-state index in [1.807, 2.05) is 4.90 Å². The van der Waals surface area contributed by atoms with E-state index in [1.165, 1.54) is 12.0 Å². The minimum atomic E-state index is -0.137. The molecule has 1 saturated heterocycles. The second-order valence-corrected chi connectivity index (χ2v) is 6.95. The summed E-state index contributed by atoms with van der Waals surface area (Å²) in [5.41, 5.74) is 2.50. The largest absolute Gasteiger partial charge is 0.449 e. The Morgan fingerprint density at radius 2 is 2.38 bits per heavy atom. The van der Waals surface area contributed by atoms with Gasteiger partial charge in [0.1, 0.15) is 5.82 Å². The number of hydrogen-bond acceptors (Lipinski definition) is 4. The summed E-state index contributed by atoms with van der Waals surface area (Å²) in [7, 11) is 0. The molecule has 3 heterocycles. The summed E-state index contributed by atoms with van der Waals surface area (Å²) in [5.74, 6) is 1.64. The molecule has 0 bridgehead atoms. The number of carbonyl (C=O) groups excluding carboxylic acids is 1. The van der Waals surface area contributed by atoms with Crippen LogP contribution in [0.15, 0.2) is 12.1 Å². The number of fused-ring (bicyclic) bond motifs is 1. The maximum Gasteiger partial charge on any atom is 0.409 e. The highest BCUT2D eigenvalue weighted by Gasteiger charge is 2.27. The van der Waals surface area contributed by atoms with Crippen molar-refractivity contribution >= 4 is 11.9 Å². The summed E-state index contributed by atoms with van der Waals surface area (Å²) in [6.45, 7) is 5.33. The summed E-state index contributed by atoms with van der Waals surface area (Å²) >= 11 is 0. The van der Waals surface area contributed by atoms with Crippen LogP contribution < -0.4 is 5.32 Å². The molecule has 1 atom stereocenters. The molecule has 3 rings (SSSR count). The van der Waals surface area contributed by atoms with E-state index in [0.717, 1.165) is 69.7 Å². The number of amides is 1. The van der Waals surface area contributed by atoms with Crippen molar-refractivity contribution in [3.8, 4) is 0 Å². The molecule has 1 N–H and O–H groups in total. The number of nitrogens with one attached hydrogen (secondary N) is 1. The molecular weight excluding hydrogens is 302 g/mol. The van der Waals surface area contributed by atoms with Gasteiger partial charge in [-0.3, -0.25) is 0 Å². The van der Waals surface area contributed by atoms with E-state index < -0.39 is 0 Å². The molecule has 0 radical (unpaired) electrons. The quantitative estimate of drug-likeness (QED) is 0.809. The molecule has 1 amide bonds. The highest BCUT2D eigenvalue weighted by Crippen LogP contribution is 2.24. The van der Waals surface area contributed by atoms with Gasteiger partial charge in [0, 0.05) is 25.3 Å². The normalized spacial score (nSPS) is 19.7. The fraction of sp³-hybridized carbons (Fsp3) is 0.684. The smallest absolute Gasteiger partial charge is 0.409 e. The number of hydrogen-bond donors (Lipinski definition) is 1. The van der Waals surface area contributed by atoms with Crippen molar-refractivity contribution in [1.82, 2.24) is 9.88 Å². The molecular formula is C19H29N3O2. The Morgan fingerprint density at radius 3 is 3.25 bits per heavy atom. The summed E-state index contributed by atoms with van der Waals surface area (Å²) in [4.78, 5) is 18.6. The third-order valence-corrected chi connectivity index (χ3v) is 5.03. The Hall–Kier alpha value is -1.78. The van der Waals surface area contributed by atoms with Crippen molar-refractivity contribution in [2.24, 2.45) is 5.92 Å². The molecule has 5 nitrogen and oxygen atoms in total. The standard InChI is InChI=1S/C19H29N3O2/c1-2-3-13-24-19(23)22-12-10-15(14-22)6-8-17-9-7-16-5-4-11-20-18(16)21-17/h7,9,15H,2-6,8,10-14H2,1H3,(H,20,21). The number of anilines is 1. The molecule has 0 saturated carbocycles. The second kappa shape index (κ2) is 8.36. The van der Waals surface area contributed by atoms with Crippen LogP contribution in [0, 0.1) is 5.92 Å². The van der Waals surface area contributed by atoms with Gasteiger partial charge in [0.05, 0.1) is 6.61 Å². The van der Waals surface area contributed by atoms with E-state index in [4.69, 9.17) is 9.72 Å². The van der Waals surface area contributed by atoms with Gasteiger partial charge in [-0.1, -0.05) is 19.4 Å². The summed E-state index contributed by atoms with van der Waals surface area (Å²) < 4.78 is 5.31. The number of ether oxygens (including phenoxy) is 1. The average molecular weight is 331 g/mol. The molecule has 1 aromatic rings. The van der Waals surface area contributed by atoms with Gasteiger partial charge in [-0.05, 0) is 56.1 Å². The van der Waals surface area contributed by atoms with E-state index in [0.29, 0.717) is 12.5 Å². The Bertz CT molecular complexity index is 562. The molecule has 0 spiro atoms. The SMILES string of the molecule is CCCCOC(=O)N1CCC(CCc2ccc3c(n2)NCCC3)C1. The number of carbonyl (C=O) groups is 1. The fourth-order valence-corrected chi connectivity index (χ4v) is 3.49. The molecule has 2 aliphatic heterocycles. The van der Waals surface area contributed by atoms with Crippen LogP contribution in [0.25, 0.3) is 0 Å². The van der Waals surface area contributed by atoms with Crippen molar-refractivity contribution in [2.75, 3.05) is 31.6 Å². The number of aromatic nitrogens is 1. The third kappa shape index (κ3) is 4.40. The van der Waals surface area contributed by atoms with Crippen LogP contribution >= 0.6 is 0 Å². The van der Waals surface area contributed by atoms with Crippen LogP contribution in [0.5, 0.6) is 0 Å². The Balaban J connectivity index is 1.43. The van der Waals surface area contributed by atoms with Crippen LogP contribution in [-0.2, 0) is 17.6 Å². The zero-order chi connectivity index (χ0) is 16.8. The van der Waals surface area contributed by atoms with Gasteiger partial charge in [0.2, 0.25) is 0 Å². The lowest BCUT2D eigenvalue weighted by Crippen LogP contribution is -2.29. The lowest BCUT2D eigenvalue weighted by atomic mass is 10.00. The number of pyridine rings is 1. The van der Waals surface area contributed by atoms with Gasteiger partial charge in [0.25, 0.3) is 0 Å². The predicted octanol–water partition coefficient (Wildman–Crippen LogP) is 3.63. The fourth-order valence-electron chi connectivity index (χ4n) is 3.49. The first-order valence-electron chi connectivity index (χ1n) is 9.40. The predicted molar refractivity (Wildman–Crippen MR) is 95.3 cm³/mol. The zero-order valence-corrected chi connectivity index (χ0v) is 14.7. The Kier molecular flexibility index (Phi) is 5.94. The zero-order valence-electron chi connectivity index (χ0n) is 14.7. The van der Waals surface area contributed by atoms with Crippen molar-refractivity contribution in [1.29, 1.82) is 0 Å². The monoisotopic (exact) mass is 331 g/mol. The molecule has 0 aromatic carbocycles. The average Bonchev–Trinajstić information content (AvgIpc) is 3.09. The van der Waals surface area contributed by atoms with Crippen LogP contribution in [0.3, 0.4) is 0 Å². The van der Waals surface area contributed by atoms with E-state index in [2.05, 4.69) is 24.4 Å². The first kappa shape index (κ1) is 17.1. The first-order chi connectivity index (χ1) is 11.8. The van der Waals surface area contributed by atoms with Gasteiger partial charge >= 0.3 is 6.09 Å². The number of rotatable bonds is 6. The summed E-state index contributed by atoms with van der Waals surface area (Å²) in [5, 5.41) is 3.40. The molecule has 2 aliphatic rings. The van der Waals surface area contributed by atoms with Gasteiger partial charge in [-0.25, -0.2) is 9.78 Å². The number of nitrogens with zero attached hydrogens (tertiary/aromatic N) is 2. The third-order valence-electron chi connectivity index (χ3n) is 5.03. The van der Waals surface area contributed by atoms with E-state index in [1.54, 1.807) is 0 Å². The van der Waals surface area contributed by atoms with Crippen molar-refractivity contribution < 1.29 is 9.53 Å². The van der Waals surface area contributed by atoms with Gasteiger partial charge in [-0.2, -0.15) is 0 Å². The lowest BCUT2D eigenvalue weighted by Gasteiger charge is -2.18. The van der Waals surface area contributed by atoms with E-state index in [-0.39, 0.29) is 6.09 Å². The molecule has 1 aromatic heterocycles. The Labute approximate surface area is 144 Å². The summed E-state index contributed by atoms with van der Waals surface area (Å²) in [6, 6.07) is 4.38. The number of unbranched alkanes of at least 4 members (excludes halogenated alkanes) is 1. The van der Waals surface area contributed by atoms with Gasteiger partial charge in [-0.15, -0.1) is 0 Å². The van der Waals surface area contributed by atoms with Gasteiger partial charge < -0.3 is 15.0 Å². The van der Waals surface area contributed by atoms with Crippen LogP contribution in [-0.4, -0.2) is 42.2 Å². The minimum absolute atomic E-state index is 0.137. The first-order valence-corrected chi connectivity index (χ1v) is 9.40. The van der Waals surface area contributed by atoms with Crippen molar-refractivity contribution in [2.45, 2.75) is 51.9 Å².